The molecule has 0 saturated carbocycles. The predicted molar refractivity (Wildman–Crippen MR) is 177 cm³/mol. The third-order valence-electron chi connectivity index (χ3n) is 9.02. The number of carbonyl (C=O) groups is 1. The Bertz CT molecular complexity index is 2190. The Hall–Kier alpha value is -5.30. The Morgan fingerprint density at radius 2 is 1.64 bits per heavy atom. The van der Waals surface area contributed by atoms with Gasteiger partial charge >= 0.3 is 11.4 Å². The standard InChI is InChI=1S/C34H36N6O7/c1-4-37-29-19-26(28(40(45)46)20-30(29)38(34(37)44)16-17-47-21-23-8-6-5-7-9-23)31(41)36-14-12-24(13-15-36)39-32(42)25-18-22(2)10-11-27(25)35(3)33(39)43/h5-11,18-20,24H,4,12-17,21H2,1-3H3. The van der Waals surface area contributed by atoms with Crippen LogP contribution in [-0.4, -0.2) is 53.7 Å². The first-order valence-corrected chi connectivity index (χ1v) is 15.6. The van der Waals surface area contributed by atoms with Gasteiger partial charge in [-0.05, 0) is 50.5 Å². The van der Waals surface area contributed by atoms with Crippen molar-refractivity contribution in [3.63, 3.8) is 0 Å². The van der Waals surface area contributed by atoms with Gasteiger partial charge in [-0.3, -0.25) is 38.0 Å². The van der Waals surface area contributed by atoms with Crippen LogP contribution >= 0.6 is 0 Å². The van der Waals surface area contributed by atoms with Crippen LogP contribution in [0.4, 0.5) is 5.69 Å². The second kappa shape index (κ2) is 12.8. The maximum absolute atomic E-state index is 13.8. The molecule has 1 saturated heterocycles. The minimum absolute atomic E-state index is 0.116. The number of piperidine rings is 1. The zero-order chi connectivity index (χ0) is 33.4. The summed E-state index contributed by atoms with van der Waals surface area (Å²) >= 11 is 0. The molecule has 13 heteroatoms. The van der Waals surface area contributed by atoms with Crippen LogP contribution in [0.2, 0.25) is 0 Å². The molecule has 0 N–H and O–H groups in total. The van der Waals surface area contributed by atoms with Gasteiger partial charge in [0.1, 0.15) is 5.56 Å². The smallest absolute Gasteiger partial charge is 0.331 e. The number of nitrogens with zero attached hydrogens (tertiary/aromatic N) is 6. The molecule has 47 heavy (non-hydrogen) atoms. The lowest BCUT2D eigenvalue weighted by Crippen LogP contribution is -2.46. The van der Waals surface area contributed by atoms with Gasteiger partial charge in [0.25, 0.3) is 17.2 Å². The number of fused-ring (bicyclic) bond motifs is 2. The van der Waals surface area contributed by atoms with E-state index < -0.39 is 28.2 Å². The Kier molecular flexibility index (Phi) is 8.65. The van der Waals surface area contributed by atoms with E-state index in [-0.39, 0.29) is 43.1 Å². The number of nitro groups is 1. The summed E-state index contributed by atoms with van der Waals surface area (Å²) < 4.78 is 11.4. The van der Waals surface area contributed by atoms with Crippen LogP contribution < -0.4 is 16.9 Å². The second-order valence-electron chi connectivity index (χ2n) is 11.9. The van der Waals surface area contributed by atoms with Gasteiger partial charge in [-0.25, -0.2) is 9.59 Å². The first kappa shape index (κ1) is 31.7. The molecule has 0 radical (unpaired) electrons. The second-order valence-corrected chi connectivity index (χ2v) is 11.9. The average molecular weight is 641 g/mol. The van der Waals surface area contributed by atoms with Crippen molar-refractivity contribution in [2.24, 2.45) is 7.05 Å². The largest absolute Gasteiger partial charge is 0.375 e. The van der Waals surface area contributed by atoms with Crippen molar-refractivity contribution in [3.05, 3.63) is 119 Å². The fraction of sp³-hybridized carbons (Fsp3) is 0.353. The number of hydrogen-bond donors (Lipinski definition) is 0. The predicted octanol–water partition coefficient (Wildman–Crippen LogP) is 3.75. The summed E-state index contributed by atoms with van der Waals surface area (Å²) in [6.45, 7) is 5.13. The normalized spacial score (nSPS) is 13.9. The number of aryl methyl sites for hydroxylation is 3. The monoisotopic (exact) mass is 640 g/mol. The number of imidazole rings is 1. The maximum Gasteiger partial charge on any atom is 0.331 e. The van der Waals surface area contributed by atoms with E-state index in [0.717, 1.165) is 11.1 Å². The number of aromatic nitrogens is 4. The first-order chi connectivity index (χ1) is 22.6. The number of carbonyl (C=O) groups excluding carboxylic acids is 1. The summed E-state index contributed by atoms with van der Waals surface area (Å²) in [4.78, 5) is 67.0. The van der Waals surface area contributed by atoms with E-state index in [9.17, 15) is 29.3 Å². The summed E-state index contributed by atoms with van der Waals surface area (Å²) in [5.41, 5.74) is 1.56. The molecule has 1 fully saturated rings. The molecule has 3 heterocycles. The summed E-state index contributed by atoms with van der Waals surface area (Å²) in [5.74, 6) is -0.541. The molecule has 1 aliphatic heterocycles. The SMILES string of the molecule is CCn1c(=O)n(CCOCc2ccccc2)c2cc([N+](=O)[O-])c(C(=O)N3CCC(n4c(=O)c5cc(C)ccc5n(C)c4=O)CC3)cc21. The molecule has 0 spiro atoms. The fourth-order valence-electron chi connectivity index (χ4n) is 6.53. The maximum atomic E-state index is 13.8. The summed E-state index contributed by atoms with van der Waals surface area (Å²) in [7, 11) is 1.63. The van der Waals surface area contributed by atoms with Gasteiger partial charge in [0.2, 0.25) is 0 Å². The molecule has 13 nitrogen and oxygen atoms in total. The highest BCUT2D eigenvalue weighted by atomic mass is 16.6. The Morgan fingerprint density at radius 3 is 2.32 bits per heavy atom. The molecule has 5 aromatic rings. The summed E-state index contributed by atoms with van der Waals surface area (Å²) in [5, 5.41) is 12.7. The van der Waals surface area contributed by atoms with Crippen LogP contribution in [0.3, 0.4) is 0 Å². The van der Waals surface area contributed by atoms with E-state index >= 15 is 0 Å². The molecule has 0 unspecified atom stereocenters. The Labute approximate surface area is 269 Å². The van der Waals surface area contributed by atoms with E-state index in [1.165, 1.54) is 35.3 Å². The van der Waals surface area contributed by atoms with E-state index in [2.05, 4.69) is 0 Å². The highest BCUT2D eigenvalue weighted by Crippen LogP contribution is 2.29. The Balaban J connectivity index is 1.25. The van der Waals surface area contributed by atoms with Crippen LogP contribution in [0.15, 0.2) is 75.0 Å². The lowest BCUT2D eigenvalue weighted by molar-refractivity contribution is -0.385. The van der Waals surface area contributed by atoms with Crippen molar-refractivity contribution in [1.82, 2.24) is 23.2 Å². The molecule has 3 aromatic carbocycles. The van der Waals surface area contributed by atoms with E-state index in [0.29, 0.717) is 47.9 Å². The summed E-state index contributed by atoms with van der Waals surface area (Å²) in [6, 6.07) is 17.3. The van der Waals surface area contributed by atoms with Gasteiger partial charge < -0.3 is 9.64 Å². The van der Waals surface area contributed by atoms with Crippen LogP contribution in [0.5, 0.6) is 0 Å². The molecular formula is C34H36N6O7. The zero-order valence-corrected chi connectivity index (χ0v) is 26.5. The molecule has 1 amide bonds. The first-order valence-electron chi connectivity index (χ1n) is 15.6. The third-order valence-corrected chi connectivity index (χ3v) is 9.02. The van der Waals surface area contributed by atoms with Crippen LogP contribution in [0.25, 0.3) is 21.9 Å². The summed E-state index contributed by atoms with van der Waals surface area (Å²) in [6.07, 6.45) is 0.653. The molecular weight excluding hydrogens is 604 g/mol. The minimum atomic E-state index is -0.607. The number of amides is 1. The van der Waals surface area contributed by atoms with Crippen molar-refractivity contribution < 1.29 is 14.5 Å². The molecule has 1 aliphatic rings. The lowest BCUT2D eigenvalue weighted by Gasteiger charge is -2.32. The zero-order valence-electron chi connectivity index (χ0n) is 26.5. The van der Waals surface area contributed by atoms with Crippen LogP contribution in [0.1, 0.15) is 47.3 Å². The van der Waals surface area contributed by atoms with Gasteiger partial charge in [0.15, 0.2) is 0 Å². The number of hydrogen-bond acceptors (Lipinski definition) is 7. The van der Waals surface area contributed by atoms with E-state index in [1.807, 2.05) is 43.3 Å². The van der Waals surface area contributed by atoms with Crippen molar-refractivity contribution in [2.45, 2.75) is 52.4 Å². The number of nitro benzene ring substituents is 1. The van der Waals surface area contributed by atoms with E-state index in [4.69, 9.17) is 4.74 Å². The quantitative estimate of drug-likeness (QED) is 0.136. The fourth-order valence-corrected chi connectivity index (χ4v) is 6.53. The highest BCUT2D eigenvalue weighted by Gasteiger charge is 2.32. The topological polar surface area (TPSA) is 144 Å². The van der Waals surface area contributed by atoms with E-state index in [1.54, 1.807) is 26.1 Å². The minimum Gasteiger partial charge on any atom is -0.375 e. The van der Waals surface area contributed by atoms with Crippen molar-refractivity contribution in [1.29, 1.82) is 0 Å². The number of ether oxygens (including phenoxy) is 1. The number of benzene rings is 3. The lowest BCUT2D eigenvalue weighted by atomic mass is 10.0. The number of likely N-dealkylation sites (tertiary alicyclic amines) is 1. The van der Waals surface area contributed by atoms with Gasteiger partial charge in [0.05, 0.1) is 46.6 Å². The molecule has 6 rings (SSSR count). The van der Waals surface area contributed by atoms with Gasteiger partial charge in [0, 0.05) is 38.8 Å². The van der Waals surface area contributed by atoms with Crippen LogP contribution in [-0.2, 0) is 31.5 Å². The van der Waals surface area contributed by atoms with Gasteiger partial charge in [-0.1, -0.05) is 42.0 Å². The van der Waals surface area contributed by atoms with Gasteiger partial charge in [-0.2, -0.15) is 0 Å². The Morgan fingerprint density at radius 1 is 0.936 bits per heavy atom. The average Bonchev–Trinajstić information content (AvgIpc) is 3.34. The highest BCUT2D eigenvalue weighted by molar-refractivity contribution is 6.02. The number of rotatable bonds is 9. The van der Waals surface area contributed by atoms with Crippen molar-refractivity contribution in [2.75, 3.05) is 19.7 Å². The molecule has 0 aliphatic carbocycles. The van der Waals surface area contributed by atoms with Crippen LogP contribution in [0, 0.1) is 17.0 Å². The molecule has 0 bridgehead atoms. The third kappa shape index (κ3) is 5.78. The van der Waals surface area contributed by atoms with Crippen molar-refractivity contribution in [3.8, 4) is 0 Å². The molecule has 2 aromatic heterocycles. The molecule has 0 atom stereocenters. The van der Waals surface area contributed by atoms with Gasteiger partial charge in [-0.15, -0.1) is 0 Å². The molecule has 244 valence electrons. The van der Waals surface area contributed by atoms with Crippen molar-refractivity contribution >= 4 is 33.5 Å².